The SMILES string of the molecule is CCOCc1nc2c(NC(=O)[C@@](I)(CCCCNC(=O)OCc3ccc(NC(=O)C(CCCNC(N)=O)NC(=O)[C@@H](NC(=O)CN=[N+]=[N-])C(C)C)cc3)NC(C)=O)nc3ccccc3c2n1CC(C)(C)O. The predicted octanol–water partition coefficient (Wildman–Crippen LogP) is 4.52. The number of hydrogen-bond acceptors (Lipinski definition) is 13. The number of benzene rings is 2. The Morgan fingerprint density at radius 1 is 0.930 bits per heavy atom. The summed E-state index contributed by atoms with van der Waals surface area (Å²) in [6.45, 7) is 10.4. The Kier molecular flexibility index (Phi) is 21.5. The van der Waals surface area contributed by atoms with Crippen LogP contribution in [0, 0.1) is 5.92 Å². The van der Waals surface area contributed by atoms with Crippen molar-refractivity contribution in [2.24, 2.45) is 16.8 Å². The summed E-state index contributed by atoms with van der Waals surface area (Å²) in [7, 11) is 0. The molecule has 0 saturated heterocycles. The zero-order valence-corrected chi connectivity index (χ0v) is 42.8. The van der Waals surface area contributed by atoms with Crippen molar-refractivity contribution in [1.29, 1.82) is 0 Å². The molecule has 4 aromatic rings. The van der Waals surface area contributed by atoms with E-state index in [-0.39, 0.29) is 63.8 Å². The molecule has 1 unspecified atom stereocenters. The highest BCUT2D eigenvalue weighted by molar-refractivity contribution is 14.1. The number of aromatic nitrogens is 3. The van der Waals surface area contributed by atoms with Crippen molar-refractivity contribution in [2.45, 2.75) is 115 Å². The molecule has 25 heteroatoms. The van der Waals surface area contributed by atoms with Crippen molar-refractivity contribution in [3.63, 3.8) is 0 Å². The molecule has 2 aromatic heterocycles. The number of hydrogen-bond donors (Lipinski definition) is 9. The summed E-state index contributed by atoms with van der Waals surface area (Å²) < 4.78 is 11.6. The van der Waals surface area contributed by atoms with Crippen LogP contribution in [0.25, 0.3) is 32.4 Å². The van der Waals surface area contributed by atoms with Crippen LogP contribution in [0.2, 0.25) is 0 Å². The number of fused-ring (bicyclic) bond motifs is 3. The molecule has 0 fully saturated rings. The van der Waals surface area contributed by atoms with Gasteiger partial charge in [0.1, 0.15) is 43.2 Å². The summed E-state index contributed by atoms with van der Waals surface area (Å²) in [6.07, 6.45) is 0.700. The van der Waals surface area contributed by atoms with E-state index in [1.54, 1.807) is 52.0 Å². The number of nitrogens with zero attached hydrogens (tertiary/aromatic N) is 6. The van der Waals surface area contributed by atoms with E-state index in [9.17, 15) is 38.7 Å². The minimum Gasteiger partial charge on any atom is -0.445 e. The lowest BCUT2D eigenvalue weighted by molar-refractivity contribution is -0.131. The van der Waals surface area contributed by atoms with Crippen molar-refractivity contribution < 1.29 is 48.1 Å². The number of nitrogens with one attached hydrogen (secondary N) is 7. The first-order valence-corrected chi connectivity index (χ1v) is 24.0. The molecule has 8 amide bonds. The number of aliphatic hydroxyl groups is 1. The molecule has 3 atom stereocenters. The second-order valence-corrected chi connectivity index (χ2v) is 19.3. The Hall–Kier alpha value is -6.83. The number of unbranched alkanes of at least 4 members (excludes halogenated alkanes) is 1. The number of alkyl halides is 1. The summed E-state index contributed by atoms with van der Waals surface area (Å²) in [5, 5.41) is 33.5. The van der Waals surface area contributed by atoms with Crippen LogP contribution < -0.4 is 43.0 Å². The van der Waals surface area contributed by atoms with E-state index in [0.717, 1.165) is 5.39 Å². The molecule has 384 valence electrons. The number of rotatable bonds is 27. The second kappa shape index (κ2) is 27.0. The highest BCUT2D eigenvalue weighted by atomic mass is 127. The number of pyridine rings is 1. The standard InChI is InChI=1S/C46H63IN14O10/c1-7-70-25-34-56-37-38(61(34)26-45(5,6)69)31-13-8-9-14-32(31)54-39(37)58-42(66)46(47,59-28(4)62)20-10-11-21-51-44(68)71-24-29-16-18-30(19-17-29)53-40(64)33(15-12-22-50-43(48)67)55-41(65)36(27(2)3)57-35(63)23-52-60-49/h8-9,13-14,16-19,27,33,36,69H,7,10-12,15,20-26H2,1-6H3,(H,51,68)(H,53,64)(H,55,65)(H,57,63)(H,59,62)(H3,48,50,67)(H,54,58,66)/t33?,36-,46+/m0/s1. The van der Waals surface area contributed by atoms with E-state index in [1.165, 1.54) is 6.92 Å². The van der Waals surface area contributed by atoms with Gasteiger partial charge in [-0.05, 0) is 111 Å². The van der Waals surface area contributed by atoms with Gasteiger partial charge in [-0.25, -0.2) is 19.6 Å². The average Bonchev–Trinajstić information content (AvgIpc) is 3.66. The van der Waals surface area contributed by atoms with Crippen LogP contribution >= 0.6 is 22.6 Å². The predicted molar refractivity (Wildman–Crippen MR) is 273 cm³/mol. The van der Waals surface area contributed by atoms with Gasteiger partial charge in [0.15, 0.2) is 9.36 Å². The van der Waals surface area contributed by atoms with Crippen LogP contribution in [-0.4, -0.2) is 109 Å². The monoisotopic (exact) mass is 1100 g/mol. The lowest BCUT2D eigenvalue weighted by Gasteiger charge is -2.27. The third-order valence-corrected chi connectivity index (χ3v) is 11.9. The first kappa shape index (κ1) is 56.8. The number of ether oxygens (including phenoxy) is 2. The topological polar surface area (TPSA) is 348 Å². The molecule has 0 aliphatic carbocycles. The molecule has 24 nitrogen and oxygen atoms in total. The van der Waals surface area contributed by atoms with Gasteiger partial charge in [0.25, 0.3) is 5.91 Å². The van der Waals surface area contributed by atoms with Crippen LogP contribution in [0.4, 0.5) is 21.1 Å². The Labute approximate surface area is 423 Å². The summed E-state index contributed by atoms with van der Waals surface area (Å²) in [4.78, 5) is 101. The van der Waals surface area contributed by atoms with Crippen molar-refractivity contribution in [1.82, 2.24) is 41.1 Å². The van der Waals surface area contributed by atoms with Gasteiger partial charge in [0.05, 0.1) is 23.2 Å². The molecule has 0 aliphatic rings. The number of nitrogens with two attached hydrogens (primary N) is 1. The maximum atomic E-state index is 14.1. The number of primary amides is 1. The summed E-state index contributed by atoms with van der Waals surface area (Å²) in [6, 6.07) is 10.9. The Morgan fingerprint density at radius 2 is 1.63 bits per heavy atom. The average molecular weight is 1100 g/mol. The molecular formula is C46H63IN14O10. The van der Waals surface area contributed by atoms with Crippen molar-refractivity contribution >= 4 is 97.7 Å². The molecule has 10 N–H and O–H groups in total. The highest BCUT2D eigenvalue weighted by Crippen LogP contribution is 2.33. The van der Waals surface area contributed by atoms with E-state index in [1.807, 2.05) is 58.3 Å². The number of amides is 8. The van der Waals surface area contributed by atoms with Crippen LogP contribution in [0.5, 0.6) is 0 Å². The quantitative estimate of drug-likeness (QED) is 0.00757. The van der Waals surface area contributed by atoms with E-state index >= 15 is 0 Å². The fourth-order valence-electron chi connectivity index (χ4n) is 7.24. The van der Waals surface area contributed by atoms with E-state index in [4.69, 9.17) is 30.7 Å². The van der Waals surface area contributed by atoms with E-state index in [2.05, 4.69) is 47.2 Å². The molecule has 0 spiro atoms. The molecule has 4 rings (SSSR count). The van der Waals surface area contributed by atoms with E-state index in [0.29, 0.717) is 53.1 Å². The molecule has 0 saturated carbocycles. The molecule has 2 aromatic carbocycles. The fourth-order valence-corrected chi connectivity index (χ4v) is 8.14. The maximum absolute atomic E-state index is 14.1. The Balaban J connectivity index is 1.33. The number of halogens is 1. The number of azide groups is 1. The minimum absolute atomic E-state index is 0.100. The van der Waals surface area contributed by atoms with Crippen LogP contribution in [0.3, 0.4) is 0 Å². The normalized spacial score (nSPS) is 13.0. The van der Waals surface area contributed by atoms with Crippen molar-refractivity contribution in [3.8, 4) is 0 Å². The smallest absolute Gasteiger partial charge is 0.407 e. The molecule has 71 heavy (non-hydrogen) atoms. The van der Waals surface area contributed by atoms with Gasteiger partial charge in [-0.2, -0.15) is 0 Å². The lowest BCUT2D eigenvalue weighted by atomic mass is 10.0. The lowest BCUT2D eigenvalue weighted by Crippen LogP contribution is -2.55. The van der Waals surface area contributed by atoms with Crippen LogP contribution in [0.1, 0.15) is 85.0 Å². The van der Waals surface area contributed by atoms with Gasteiger partial charge in [-0.1, -0.05) is 49.3 Å². The van der Waals surface area contributed by atoms with Gasteiger partial charge in [0, 0.05) is 42.6 Å². The number of para-hydroxylation sites is 1. The third-order valence-electron chi connectivity index (χ3n) is 10.6. The Bertz CT molecular complexity index is 2580. The summed E-state index contributed by atoms with van der Waals surface area (Å²) in [5.41, 5.74) is 15.2. The fraction of sp³-hybridized carbons (Fsp3) is 0.500. The number of alkyl carbamates (subject to hydrolysis) is 1. The molecular weight excluding hydrogens is 1040 g/mol. The molecule has 0 aliphatic heterocycles. The molecule has 0 bridgehead atoms. The molecule has 0 radical (unpaired) electrons. The van der Waals surface area contributed by atoms with E-state index < -0.39 is 69.4 Å². The zero-order valence-electron chi connectivity index (χ0n) is 40.6. The number of carbonyl (C=O) groups is 7. The van der Waals surface area contributed by atoms with Gasteiger partial charge < -0.3 is 62.1 Å². The minimum atomic E-state index is -1.41. The Morgan fingerprint density at radius 3 is 2.28 bits per heavy atom. The van der Waals surface area contributed by atoms with Gasteiger partial charge >= 0.3 is 12.1 Å². The maximum Gasteiger partial charge on any atom is 0.407 e. The van der Waals surface area contributed by atoms with Crippen LogP contribution in [-0.2, 0) is 53.2 Å². The summed E-state index contributed by atoms with van der Waals surface area (Å²) in [5.74, 6) is -2.54. The first-order chi connectivity index (χ1) is 33.6. The number of carbonyl (C=O) groups excluding carboxylic acids is 7. The van der Waals surface area contributed by atoms with Crippen molar-refractivity contribution in [2.75, 3.05) is 36.9 Å². The second-order valence-electron chi connectivity index (χ2n) is 17.5. The third kappa shape index (κ3) is 17.8. The number of imidazole rings is 1. The largest absolute Gasteiger partial charge is 0.445 e. The van der Waals surface area contributed by atoms with Gasteiger partial charge in [0.2, 0.25) is 23.6 Å². The zero-order chi connectivity index (χ0) is 52.3. The number of urea groups is 1. The molecule has 2 heterocycles. The van der Waals surface area contributed by atoms with Crippen molar-refractivity contribution in [3.05, 3.63) is 70.4 Å². The number of anilines is 2. The highest BCUT2D eigenvalue weighted by Gasteiger charge is 2.37. The first-order valence-electron chi connectivity index (χ1n) is 23.0. The van der Waals surface area contributed by atoms with Gasteiger partial charge in [-0.15, -0.1) is 0 Å². The van der Waals surface area contributed by atoms with Gasteiger partial charge in [-0.3, -0.25) is 24.0 Å². The van der Waals surface area contributed by atoms with Crippen LogP contribution in [0.15, 0.2) is 53.6 Å². The summed E-state index contributed by atoms with van der Waals surface area (Å²) >= 11 is 1.91.